The highest BCUT2D eigenvalue weighted by Crippen LogP contribution is 2.22. The highest BCUT2D eigenvalue weighted by atomic mass is 16.5. The summed E-state index contributed by atoms with van der Waals surface area (Å²) >= 11 is 0. The zero-order chi connectivity index (χ0) is 31.8. The van der Waals surface area contributed by atoms with Crippen LogP contribution in [0.25, 0.3) is 10.8 Å². The number of esters is 2. The Bertz CT molecular complexity index is 1860. The van der Waals surface area contributed by atoms with Crippen LogP contribution in [-0.4, -0.2) is 50.3 Å². The highest BCUT2D eigenvalue weighted by molar-refractivity contribution is 5.99. The molecule has 0 fully saturated rings. The summed E-state index contributed by atoms with van der Waals surface area (Å²) in [5, 5.41) is 36.5. The second kappa shape index (κ2) is 13.4. The van der Waals surface area contributed by atoms with Crippen LogP contribution in [-0.2, 0) is 0 Å². The Labute approximate surface area is 248 Å². The van der Waals surface area contributed by atoms with Gasteiger partial charge in [-0.2, -0.15) is 0 Å². The van der Waals surface area contributed by atoms with Crippen molar-refractivity contribution in [1.82, 2.24) is 0 Å². The summed E-state index contributed by atoms with van der Waals surface area (Å²) in [5.41, 5.74) is 0.862. The third-order valence-corrected chi connectivity index (χ3v) is 6.05. The maximum atomic E-state index is 12.5. The van der Waals surface area contributed by atoms with Crippen LogP contribution in [0.2, 0.25) is 0 Å². The number of carbonyl (C=O) groups is 5. The van der Waals surface area contributed by atoms with Gasteiger partial charge in [0.15, 0.2) is 0 Å². The van der Waals surface area contributed by atoms with Crippen molar-refractivity contribution in [2.24, 2.45) is 0 Å². The summed E-state index contributed by atoms with van der Waals surface area (Å²) in [5.74, 6) is -3.86. The molecule has 44 heavy (non-hydrogen) atoms. The lowest BCUT2D eigenvalue weighted by Gasteiger charge is -2.08. The van der Waals surface area contributed by atoms with Crippen LogP contribution in [0.1, 0.15) is 51.8 Å². The molecule has 0 aliphatic heterocycles. The van der Waals surface area contributed by atoms with E-state index in [0.717, 1.165) is 0 Å². The number of phenols is 1. The van der Waals surface area contributed by atoms with Crippen molar-refractivity contribution in [3.8, 4) is 17.2 Å². The van der Waals surface area contributed by atoms with Crippen molar-refractivity contribution in [2.45, 2.75) is 0 Å². The fourth-order valence-electron chi connectivity index (χ4n) is 3.77. The number of fused-ring (bicyclic) bond motifs is 1. The van der Waals surface area contributed by atoms with Gasteiger partial charge in [0.1, 0.15) is 17.2 Å². The number of ether oxygens (including phenoxy) is 2. The standard InChI is InChI=1S/C26H16O8.C7H6O3/c27-23(28)15-1-3-16(4-2-15)25(31)33-21-9-11-22(12-10-21)34-26(32)20-8-6-17-13-19(24(29)30)7-5-18(17)14-20;8-6-3-1-5(2-4-6)7(9)10/h1-14H,(H,27,28)(H,29,30);1-4,8H,(H,9,10). The average molecular weight is 595 g/mol. The molecule has 0 radical (unpaired) electrons. The van der Waals surface area contributed by atoms with Gasteiger partial charge in [0.25, 0.3) is 0 Å². The van der Waals surface area contributed by atoms with E-state index in [0.29, 0.717) is 10.8 Å². The van der Waals surface area contributed by atoms with Crippen LogP contribution >= 0.6 is 0 Å². The number of carboxylic acids is 3. The summed E-state index contributed by atoms with van der Waals surface area (Å²) in [4.78, 5) is 56.9. The SMILES string of the molecule is O=C(O)c1ccc(C(=O)Oc2ccc(OC(=O)c3ccc4cc(C(=O)O)ccc4c3)cc2)cc1.O=C(O)c1ccc(O)cc1. The zero-order valence-electron chi connectivity index (χ0n) is 22.5. The van der Waals surface area contributed by atoms with E-state index in [-0.39, 0.29) is 45.1 Å². The number of hydrogen-bond acceptors (Lipinski definition) is 8. The number of phenolic OH excluding ortho intramolecular Hbond substituents is 1. The molecular formula is C33H22O11. The summed E-state index contributed by atoms with van der Waals surface area (Å²) in [6, 6.07) is 25.9. The number of hydrogen-bond donors (Lipinski definition) is 4. The number of carboxylic acid groups (broad SMARTS) is 3. The molecule has 11 nitrogen and oxygen atoms in total. The van der Waals surface area contributed by atoms with E-state index in [1.807, 2.05) is 0 Å². The first-order valence-corrected chi connectivity index (χ1v) is 12.7. The minimum absolute atomic E-state index is 0.0548. The van der Waals surface area contributed by atoms with Crippen molar-refractivity contribution < 1.29 is 53.9 Å². The highest BCUT2D eigenvalue weighted by Gasteiger charge is 2.13. The predicted octanol–water partition coefficient (Wildman–Crippen LogP) is 5.77. The maximum absolute atomic E-state index is 12.5. The normalized spacial score (nSPS) is 10.2. The summed E-state index contributed by atoms with van der Waals surface area (Å²) in [6.45, 7) is 0. The Hall–Kier alpha value is -6.49. The third kappa shape index (κ3) is 7.83. The molecule has 5 aromatic carbocycles. The van der Waals surface area contributed by atoms with Crippen molar-refractivity contribution in [2.75, 3.05) is 0 Å². The quantitative estimate of drug-likeness (QED) is 0.133. The molecule has 0 heterocycles. The molecule has 0 unspecified atom stereocenters. The zero-order valence-corrected chi connectivity index (χ0v) is 22.5. The van der Waals surface area contributed by atoms with Gasteiger partial charge in [0.05, 0.1) is 27.8 Å². The van der Waals surface area contributed by atoms with E-state index >= 15 is 0 Å². The van der Waals surface area contributed by atoms with E-state index in [9.17, 15) is 24.0 Å². The lowest BCUT2D eigenvalue weighted by atomic mass is 10.0. The van der Waals surface area contributed by atoms with Crippen molar-refractivity contribution >= 4 is 40.6 Å². The minimum Gasteiger partial charge on any atom is -0.508 e. The van der Waals surface area contributed by atoms with Gasteiger partial charge in [-0.3, -0.25) is 0 Å². The van der Waals surface area contributed by atoms with Crippen LogP contribution in [0.3, 0.4) is 0 Å². The van der Waals surface area contributed by atoms with Crippen LogP contribution in [0.15, 0.2) is 109 Å². The second-order valence-electron chi connectivity index (χ2n) is 9.07. The molecule has 0 aromatic heterocycles. The number of benzene rings is 5. The molecule has 5 rings (SSSR count). The number of rotatable bonds is 7. The van der Waals surface area contributed by atoms with Gasteiger partial charge in [-0.05, 0) is 108 Å². The van der Waals surface area contributed by atoms with E-state index in [2.05, 4.69) is 0 Å². The first-order valence-electron chi connectivity index (χ1n) is 12.7. The molecular weight excluding hydrogens is 572 g/mol. The van der Waals surface area contributed by atoms with Gasteiger partial charge in [-0.1, -0.05) is 12.1 Å². The van der Waals surface area contributed by atoms with E-state index in [1.165, 1.54) is 84.9 Å². The van der Waals surface area contributed by atoms with Gasteiger partial charge in [0.2, 0.25) is 0 Å². The number of aromatic hydroxyl groups is 1. The Balaban J connectivity index is 0.000000375. The maximum Gasteiger partial charge on any atom is 0.343 e. The molecule has 0 saturated heterocycles. The lowest BCUT2D eigenvalue weighted by molar-refractivity contribution is 0.0685. The molecule has 0 amide bonds. The summed E-state index contributed by atoms with van der Waals surface area (Å²) in [7, 11) is 0. The first kappa shape index (κ1) is 30.5. The van der Waals surface area contributed by atoms with Gasteiger partial charge < -0.3 is 29.9 Å². The third-order valence-electron chi connectivity index (χ3n) is 6.05. The molecule has 0 bridgehead atoms. The molecule has 11 heteroatoms. The van der Waals surface area contributed by atoms with Crippen molar-refractivity contribution in [3.05, 3.63) is 137 Å². The average Bonchev–Trinajstić information content (AvgIpc) is 3.02. The molecule has 5 aromatic rings. The largest absolute Gasteiger partial charge is 0.508 e. The van der Waals surface area contributed by atoms with Crippen molar-refractivity contribution in [1.29, 1.82) is 0 Å². The molecule has 0 aliphatic carbocycles. The van der Waals surface area contributed by atoms with Crippen LogP contribution in [0, 0.1) is 0 Å². The first-order chi connectivity index (χ1) is 21.0. The molecule has 0 saturated carbocycles. The minimum atomic E-state index is -1.10. The lowest BCUT2D eigenvalue weighted by Crippen LogP contribution is -2.10. The Morgan fingerprint density at radius 3 is 1.20 bits per heavy atom. The van der Waals surface area contributed by atoms with Gasteiger partial charge in [-0.15, -0.1) is 0 Å². The van der Waals surface area contributed by atoms with E-state index < -0.39 is 29.8 Å². The Kier molecular flexibility index (Phi) is 9.31. The Morgan fingerprint density at radius 1 is 0.409 bits per heavy atom. The molecule has 4 N–H and O–H groups in total. The van der Waals surface area contributed by atoms with Gasteiger partial charge in [0, 0.05) is 0 Å². The smallest absolute Gasteiger partial charge is 0.343 e. The number of carbonyl (C=O) groups excluding carboxylic acids is 2. The van der Waals surface area contributed by atoms with Gasteiger partial charge >= 0.3 is 29.8 Å². The topological polar surface area (TPSA) is 185 Å². The van der Waals surface area contributed by atoms with Crippen molar-refractivity contribution in [3.63, 3.8) is 0 Å². The van der Waals surface area contributed by atoms with Crippen LogP contribution in [0.5, 0.6) is 17.2 Å². The number of aromatic carboxylic acids is 3. The predicted molar refractivity (Wildman–Crippen MR) is 156 cm³/mol. The molecule has 0 spiro atoms. The summed E-state index contributed by atoms with van der Waals surface area (Å²) in [6.07, 6.45) is 0. The van der Waals surface area contributed by atoms with Gasteiger partial charge in [-0.25, -0.2) is 24.0 Å². The fraction of sp³-hybridized carbons (Fsp3) is 0. The second-order valence-corrected chi connectivity index (χ2v) is 9.07. The summed E-state index contributed by atoms with van der Waals surface area (Å²) < 4.78 is 10.6. The van der Waals surface area contributed by atoms with Crippen LogP contribution in [0.4, 0.5) is 0 Å². The monoisotopic (exact) mass is 594 g/mol. The Morgan fingerprint density at radius 2 is 0.750 bits per heavy atom. The molecule has 220 valence electrons. The molecule has 0 aliphatic rings. The molecule has 0 atom stereocenters. The van der Waals surface area contributed by atoms with E-state index in [1.54, 1.807) is 24.3 Å². The van der Waals surface area contributed by atoms with E-state index in [4.69, 9.17) is 29.9 Å². The fourth-order valence-corrected chi connectivity index (χ4v) is 3.77. The van der Waals surface area contributed by atoms with Crippen LogP contribution < -0.4 is 9.47 Å².